The van der Waals surface area contributed by atoms with Gasteiger partial charge in [0.1, 0.15) is 0 Å². The number of hydrogen-bond acceptors (Lipinski definition) is 4. The lowest BCUT2D eigenvalue weighted by Crippen LogP contribution is -2.48. The third kappa shape index (κ3) is 4.39. The van der Waals surface area contributed by atoms with Crippen molar-refractivity contribution in [2.75, 3.05) is 27.3 Å². The summed E-state index contributed by atoms with van der Waals surface area (Å²) in [5, 5.41) is 1.12. The van der Waals surface area contributed by atoms with Gasteiger partial charge in [0.05, 0.1) is 26.4 Å². The van der Waals surface area contributed by atoms with E-state index in [0.29, 0.717) is 31.0 Å². The summed E-state index contributed by atoms with van der Waals surface area (Å²) in [6, 6.07) is 14.1. The summed E-state index contributed by atoms with van der Waals surface area (Å²) >= 11 is 0. The molecule has 3 atom stereocenters. The predicted molar refractivity (Wildman–Crippen MR) is 121 cm³/mol. The second-order valence-electron chi connectivity index (χ2n) is 8.22. The molecule has 1 saturated heterocycles. The number of aromatic amines is 1. The van der Waals surface area contributed by atoms with Crippen LogP contribution < -0.4 is 9.47 Å². The summed E-state index contributed by atoms with van der Waals surface area (Å²) in [6.45, 7) is 5.27. The second-order valence-corrected chi connectivity index (χ2v) is 8.22. The molecule has 1 fully saturated rings. The molecule has 1 aromatic heterocycles. The maximum atomic E-state index is 13.4. The molecule has 6 nitrogen and oxygen atoms in total. The number of aromatic nitrogens is 1. The quantitative estimate of drug-likeness (QED) is 0.642. The van der Waals surface area contributed by atoms with Gasteiger partial charge in [0.2, 0.25) is 5.91 Å². The largest absolute Gasteiger partial charge is 0.493 e. The van der Waals surface area contributed by atoms with Gasteiger partial charge < -0.3 is 24.1 Å². The first-order chi connectivity index (χ1) is 15.0. The van der Waals surface area contributed by atoms with Crippen LogP contribution in [-0.2, 0) is 9.53 Å². The van der Waals surface area contributed by atoms with Crippen molar-refractivity contribution in [2.45, 2.75) is 38.4 Å². The van der Waals surface area contributed by atoms with Crippen LogP contribution in [0.1, 0.15) is 37.3 Å². The minimum absolute atomic E-state index is 0.0420. The van der Waals surface area contributed by atoms with E-state index in [1.807, 2.05) is 55.3 Å². The lowest BCUT2D eigenvalue weighted by molar-refractivity contribution is -0.143. The maximum Gasteiger partial charge on any atom is 0.223 e. The number of amides is 1. The molecule has 1 amide bonds. The van der Waals surface area contributed by atoms with E-state index >= 15 is 0 Å². The van der Waals surface area contributed by atoms with Gasteiger partial charge in [-0.1, -0.05) is 24.3 Å². The third-order valence-electron chi connectivity index (χ3n) is 5.96. The van der Waals surface area contributed by atoms with Gasteiger partial charge >= 0.3 is 0 Å². The van der Waals surface area contributed by atoms with Gasteiger partial charge in [-0.05, 0) is 43.2 Å². The Morgan fingerprint density at radius 2 is 1.81 bits per heavy atom. The Balaban J connectivity index is 1.72. The summed E-state index contributed by atoms with van der Waals surface area (Å²) in [7, 11) is 3.25. The number of H-pyrrole nitrogens is 1. The van der Waals surface area contributed by atoms with Crippen LogP contribution in [0.25, 0.3) is 10.9 Å². The lowest BCUT2D eigenvalue weighted by Gasteiger charge is -2.36. The van der Waals surface area contributed by atoms with Crippen LogP contribution >= 0.6 is 0 Å². The van der Waals surface area contributed by atoms with Crippen molar-refractivity contribution in [3.05, 3.63) is 59.8 Å². The van der Waals surface area contributed by atoms with Gasteiger partial charge in [-0.2, -0.15) is 0 Å². The van der Waals surface area contributed by atoms with Crippen LogP contribution in [-0.4, -0.2) is 55.3 Å². The average molecular weight is 423 g/mol. The molecule has 0 saturated carbocycles. The molecule has 0 spiro atoms. The van der Waals surface area contributed by atoms with Crippen LogP contribution in [0, 0.1) is 0 Å². The molecule has 1 N–H and O–H groups in total. The predicted octanol–water partition coefficient (Wildman–Crippen LogP) is 4.34. The molecule has 0 aliphatic carbocycles. The molecule has 4 rings (SSSR count). The Hall–Kier alpha value is -2.99. The fraction of sp³-hybridized carbons (Fsp3) is 0.400. The number of para-hydroxylation sites is 1. The number of benzene rings is 2. The van der Waals surface area contributed by atoms with Gasteiger partial charge in [-0.15, -0.1) is 0 Å². The zero-order valence-electron chi connectivity index (χ0n) is 18.6. The topological polar surface area (TPSA) is 63.8 Å². The molecule has 6 heteroatoms. The van der Waals surface area contributed by atoms with Crippen molar-refractivity contribution >= 4 is 16.8 Å². The normalized spacial score (nSPS) is 19.9. The Morgan fingerprint density at radius 3 is 2.52 bits per heavy atom. The lowest BCUT2D eigenvalue weighted by atomic mass is 9.87. The van der Waals surface area contributed by atoms with Crippen LogP contribution in [0.4, 0.5) is 0 Å². The van der Waals surface area contributed by atoms with Crippen molar-refractivity contribution < 1.29 is 19.0 Å². The van der Waals surface area contributed by atoms with Crippen molar-refractivity contribution in [3.63, 3.8) is 0 Å². The number of fused-ring (bicyclic) bond motifs is 1. The van der Waals surface area contributed by atoms with E-state index in [0.717, 1.165) is 22.0 Å². The second kappa shape index (κ2) is 9.02. The fourth-order valence-electron chi connectivity index (χ4n) is 4.54. The summed E-state index contributed by atoms with van der Waals surface area (Å²) in [5.41, 5.74) is 3.18. The maximum absolute atomic E-state index is 13.4. The number of carbonyl (C=O) groups is 1. The molecule has 1 aliphatic heterocycles. The number of methoxy groups -OCH3 is 2. The van der Waals surface area contributed by atoms with Gasteiger partial charge in [-0.3, -0.25) is 4.79 Å². The molecule has 3 unspecified atom stereocenters. The fourth-order valence-corrected chi connectivity index (χ4v) is 4.54. The highest BCUT2D eigenvalue weighted by Crippen LogP contribution is 2.38. The highest BCUT2D eigenvalue weighted by molar-refractivity contribution is 5.86. The third-order valence-corrected chi connectivity index (χ3v) is 5.96. The monoisotopic (exact) mass is 422 g/mol. The van der Waals surface area contributed by atoms with E-state index in [1.165, 1.54) is 0 Å². The summed E-state index contributed by atoms with van der Waals surface area (Å²) in [6.07, 6.45) is 2.47. The zero-order chi connectivity index (χ0) is 22.0. The highest BCUT2D eigenvalue weighted by Gasteiger charge is 2.29. The number of ether oxygens (including phenoxy) is 3. The van der Waals surface area contributed by atoms with Crippen molar-refractivity contribution in [2.24, 2.45) is 0 Å². The minimum Gasteiger partial charge on any atom is -0.493 e. The van der Waals surface area contributed by atoms with Gasteiger partial charge in [0.25, 0.3) is 0 Å². The summed E-state index contributed by atoms with van der Waals surface area (Å²) in [4.78, 5) is 18.7. The average Bonchev–Trinajstić information content (AvgIpc) is 3.20. The molecule has 164 valence electrons. The number of morpholine rings is 1. The van der Waals surface area contributed by atoms with E-state index in [-0.39, 0.29) is 24.0 Å². The van der Waals surface area contributed by atoms with Crippen LogP contribution in [0.5, 0.6) is 11.5 Å². The van der Waals surface area contributed by atoms with Gasteiger partial charge in [0, 0.05) is 42.5 Å². The molecule has 0 radical (unpaired) electrons. The van der Waals surface area contributed by atoms with Crippen molar-refractivity contribution in [1.29, 1.82) is 0 Å². The molecular formula is C25H30N2O4. The minimum atomic E-state index is -0.114. The SMILES string of the molecule is COc1ccc(C(CC(=O)N2CC(C)OC(C)C2)c2c[nH]c3ccccc23)cc1OC. The Labute approximate surface area is 183 Å². The Bertz CT molecular complexity index is 1050. The van der Waals surface area contributed by atoms with Crippen LogP contribution in [0.2, 0.25) is 0 Å². The van der Waals surface area contributed by atoms with Crippen LogP contribution in [0.3, 0.4) is 0 Å². The summed E-state index contributed by atoms with van der Waals surface area (Å²) in [5.74, 6) is 1.35. The van der Waals surface area contributed by atoms with Crippen molar-refractivity contribution in [1.82, 2.24) is 9.88 Å². The van der Waals surface area contributed by atoms with E-state index in [1.54, 1.807) is 14.2 Å². The first-order valence-electron chi connectivity index (χ1n) is 10.7. The molecule has 1 aliphatic rings. The molecule has 3 aromatic rings. The zero-order valence-corrected chi connectivity index (χ0v) is 18.6. The molecule has 0 bridgehead atoms. The number of hydrogen-bond donors (Lipinski definition) is 1. The first kappa shape index (κ1) is 21.2. The summed E-state index contributed by atoms with van der Waals surface area (Å²) < 4.78 is 16.8. The molecule has 2 heterocycles. The molecule has 2 aromatic carbocycles. The Morgan fingerprint density at radius 1 is 1.10 bits per heavy atom. The van der Waals surface area contributed by atoms with Gasteiger partial charge in [0.15, 0.2) is 11.5 Å². The van der Waals surface area contributed by atoms with Crippen molar-refractivity contribution in [3.8, 4) is 11.5 Å². The standard InChI is InChI=1S/C25H30N2O4/c1-16-14-27(15-17(2)31-16)25(28)12-20(18-9-10-23(29-3)24(11-18)30-4)21-13-26-22-8-6-5-7-19(21)22/h5-11,13,16-17,20,26H,12,14-15H2,1-4H3. The van der Waals surface area contributed by atoms with E-state index in [4.69, 9.17) is 14.2 Å². The molecular weight excluding hydrogens is 392 g/mol. The highest BCUT2D eigenvalue weighted by atomic mass is 16.5. The molecule has 31 heavy (non-hydrogen) atoms. The van der Waals surface area contributed by atoms with E-state index in [2.05, 4.69) is 17.1 Å². The van der Waals surface area contributed by atoms with Crippen LogP contribution in [0.15, 0.2) is 48.7 Å². The number of nitrogens with one attached hydrogen (secondary N) is 1. The van der Waals surface area contributed by atoms with E-state index in [9.17, 15) is 4.79 Å². The number of carbonyl (C=O) groups excluding carboxylic acids is 1. The first-order valence-corrected chi connectivity index (χ1v) is 10.7. The van der Waals surface area contributed by atoms with Gasteiger partial charge in [-0.25, -0.2) is 0 Å². The number of rotatable bonds is 6. The smallest absolute Gasteiger partial charge is 0.223 e. The number of nitrogens with zero attached hydrogens (tertiary/aromatic N) is 1. The van der Waals surface area contributed by atoms with E-state index < -0.39 is 0 Å². The Kier molecular flexibility index (Phi) is 6.18.